The van der Waals surface area contributed by atoms with Crippen LogP contribution in [0.5, 0.6) is 0 Å². The number of hydrogen-bond acceptors (Lipinski definition) is 3. The third-order valence-corrected chi connectivity index (χ3v) is 4.64. The van der Waals surface area contributed by atoms with Gasteiger partial charge in [0.1, 0.15) is 5.76 Å². The van der Waals surface area contributed by atoms with Crippen LogP contribution in [0.3, 0.4) is 0 Å². The van der Waals surface area contributed by atoms with Crippen molar-refractivity contribution in [3.05, 3.63) is 59.5 Å². The third kappa shape index (κ3) is 4.95. The summed E-state index contributed by atoms with van der Waals surface area (Å²) in [5, 5.41) is 5.83. The molecule has 5 heteroatoms. The molecule has 3 rings (SSSR count). The number of furan rings is 1. The van der Waals surface area contributed by atoms with Gasteiger partial charge in [-0.25, -0.2) is 0 Å². The summed E-state index contributed by atoms with van der Waals surface area (Å²) in [6.07, 6.45) is 7.07. The van der Waals surface area contributed by atoms with Crippen molar-refractivity contribution in [1.82, 2.24) is 10.6 Å². The molecule has 0 spiro atoms. The van der Waals surface area contributed by atoms with Crippen LogP contribution in [0.4, 0.5) is 0 Å². The maximum Gasteiger partial charge on any atom is 0.251 e. The average Bonchev–Trinajstić information content (AvgIpc) is 3.19. The van der Waals surface area contributed by atoms with E-state index in [0.717, 1.165) is 31.2 Å². The van der Waals surface area contributed by atoms with Gasteiger partial charge in [0.25, 0.3) is 5.91 Å². The van der Waals surface area contributed by atoms with Crippen molar-refractivity contribution < 1.29 is 14.0 Å². The summed E-state index contributed by atoms with van der Waals surface area (Å²) in [7, 11) is 0. The normalized spacial score (nSPS) is 14.9. The van der Waals surface area contributed by atoms with E-state index < -0.39 is 0 Å². The Morgan fingerprint density at radius 2 is 1.84 bits per heavy atom. The van der Waals surface area contributed by atoms with E-state index in [1.54, 1.807) is 18.4 Å². The van der Waals surface area contributed by atoms with Crippen LogP contribution in [0.1, 0.15) is 53.8 Å². The smallest absolute Gasteiger partial charge is 0.251 e. The highest BCUT2D eigenvalue weighted by atomic mass is 16.3. The van der Waals surface area contributed by atoms with Crippen LogP contribution in [0, 0.1) is 5.92 Å². The van der Waals surface area contributed by atoms with Gasteiger partial charge in [0.15, 0.2) is 0 Å². The fourth-order valence-electron chi connectivity index (χ4n) is 3.20. The molecule has 0 unspecified atom stereocenters. The molecule has 1 aromatic carbocycles. The van der Waals surface area contributed by atoms with E-state index in [0.29, 0.717) is 24.4 Å². The quantitative estimate of drug-likeness (QED) is 0.846. The van der Waals surface area contributed by atoms with Gasteiger partial charge in [-0.2, -0.15) is 0 Å². The Balaban J connectivity index is 1.51. The first-order chi connectivity index (χ1) is 12.2. The molecular weight excluding hydrogens is 316 g/mol. The second kappa shape index (κ2) is 8.51. The van der Waals surface area contributed by atoms with Gasteiger partial charge in [0, 0.05) is 18.0 Å². The Hall–Kier alpha value is -2.56. The standard InChI is InChI=1S/C20H24N2O3/c23-19(16-7-2-1-3-8-16)21-13-15-6-4-9-17(12-15)20(24)22-14-18-10-5-11-25-18/h4-6,9-12,16H,1-3,7-8,13-14H2,(H,21,23)(H,22,24). The minimum Gasteiger partial charge on any atom is -0.467 e. The van der Waals surface area contributed by atoms with Gasteiger partial charge in [-0.15, -0.1) is 0 Å². The number of carbonyl (C=O) groups is 2. The average molecular weight is 340 g/mol. The second-order valence-electron chi connectivity index (χ2n) is 6.52. The van der Waals surface area contributed by atoms with Gasteiger partial charge in [-0.1, -0.05) is 31.4 Å². The Morgan fingerprint density at radius 3 is 2.60 bits per heavy atom. The molecule has 2 amide bonds. The van der Waals surface area contributed by atoms with Gasteiger partial charge in [0.2, 0.25) is 5.91 Å². The van der Waals surface area contributed by atoms with E-state index >= 15 is 0 Å². The summed E-state index contributed by atoms with van der Waals surface area (Å²) in [5.41, 5.74) is 1.51. The van der Waals surface area contributed by atoms with E-state index in [1.807, 2.05) is 24.3 Å². The number of benzene rings is 1. The molecular formula is C20H24N2O3. The summed E-state index contributed by atoms with van der Waals surface area (Å²) in [4.78, 5) is 24.5. The van der Waals surface area contributed by atoms with Gasteiger partial charge >= 0.3 is 0 Å². The minimum absolute atomic E-state index is 0.132. The molecule has 0 radical (unpaired) electrons. The molecule has 1 saturated carbocycles. The highest BCUT2D eigenvalue weighted by molar-refractivity contribution is 5.94. The maximum absolute atomic E-state index is 12.2. The minimum atomic E-state index is -0.156. The van der Waals surface area contributed by atoms with E-state index in [-0.39, 0.29) is 17.7 Å². The highest BCUT2D eigenvalue weighted by Crippen LogP contribution is 2.23. The summed E-state index contributed by atoms with van der Waals surface area (Å²) >= 11 is 0. The number of nitrogens with one attached hydrogen (secondary N) is 2. The zero-order valence-electron chi connectivity index (χ0n) is 14.3. The van der Waals surface area contributed by atoms with Crippen LogP contribution in [0.2, 0.25) is 0 Å². The van der Waals surface area contributed by atoms with Crippen molar-refractivity contribution in [3.8, 4) is 0 Å². The fraction of sp³-hybridized carbons (Fsp3) is 0.400. The molecule has 1 aromatic heterocycles. The maximum atomic E-state index is 12.2. The predicted molar refractivity (Wildman–Crippen MR) is 94.7 cm³/mol. The first-order valence-corrected chi connectivity index (χ1v) is 8.89. The Kier molecular flexibility index (Phi) is 5.88. The molecule has 2 aromatic rings. The van der Waals surface area contributed by atoms with Gasteiger partial charge < -0.3 is 15.1 Å². The van der Waals surface area contributed by atoms with Crippen molar-refractivity contribution in [1.29, 1.82) is 0 Å². The molecule has 0 bridgehead atoms. The molecule has 1 aliphatic carbocycles. The fourth-order valence-corrected chi connectivity index (χ4v) is 3.20. The van der Waals surface area contributed by atoms with Crippen molar-refractivity contribution in [2.75, 3.05) is 0 Å². The topological polar surface area (TPSA) is 71.3 Å². The molecule has 25 heavy (non-hydrogen) atoms. The molecule has 5 nitrogen and oxygen atoms in total. The zero-order valence-corrected chi connectivity index (χ0v) is 14.3. The van der Waals surface area contributed by atoms with E-state index in [4.69, 9.17) is 4.42 Å². The zero-order chi connectivity index (χ0) is 17.5. The first kappa shape index (κ1) is 17.3. The van der Waals surface area contributed by atoms with Crippen LogP contribution >= 0.6 is 0 Å². The van der Waals surface area contributed by atoms with E-state index in [9.17, 15) is 9.59 Å². The number of amides is 2. The third-order valence-electron chi connectivity index (χ3n) is 4.64. The lowest BCUT2D eigenvalue weighted by atomic mass is 9.88. The molecule has 2 N–H and O–H groups in total. The molecule has 0 aliphatic heterocycles. The van der Waals surface area contributed by atoms with Crippen LogP contribution < -0.4 is 10.6 Å². The highest BCUT2D eigenvalue weighted by Gasteiger charge is 2.20. The molecule has 132 valence electrons. The van der Waals surface area contributed by atoms with Crippen LogP contribution in [-0.2, 0) is 17.9 Å². The molecule has 1 fully saturated rings. The van der Waals surface area contributed by atoms with Gasteiger partial charge in [-0.05, 0) is 42.7 Å². The molecule has 1 heterocycles. The monoisotopic (exact) mass is 340 g/mol. The van der Waals surface area contributed by atoms with E-state index in [2.05, 4.69) is 10.6 Å². The van der Waals surface area contributed by atoms with Crippen LogP contribution in [0.25, 0.3) is 0 Å². The number of hydrogen-bond donors (Lipinski definition) is 2. The molecule has 0 atom stereocenters. The number of carbonyl (C=O) groups excluding carboxylic acids is 2. The lowest BCUT2D eigenvalue weighted by molar-refractivity contribution is -0.126. The Labute approximate surface area is 147 Å². The van der Waals surface area contributed by atoms with Crippen LogP contribution in [-0.4, -0.2) is 11.8 Å². The van der Waals surface area contributed by atoms with E-state index in [1.165, 1.54) is 6.42 Å². The SMILES string of the molecule is O=C(NCc1ccco1)c1cccc(CNC(=O)C2CCCCC2)c1. The van der Waals surface area contributed by atoms with Crippen molar-refractivity contribution in [2.24, 2.45) is 5.92 Å². The lowest BCUT2D eigenvalue weighted by Gasteiger charge is -2.20. The lowest BCUT2D eigenvalue weighted by Crippen LogP contribution is -2.31. The predicted octanol–water partition coefficient (Wildman–Crippen LogP) is 3.41. The van der Waals surface area contributed by atoms with Crippen molar-refractivity contribution in [3.63, 3.8) is 0 Å². The van der Waals surface area contributed by atoms with Gasteiger partial charge in [0.05, 0.1) is 12.8 Å². The second-order valence-corrected chi connectivity index (χ2v) is 6.52. The first-order valence-electron chi connectivity index (χ1n) is 8.89. The van der Waals surface area contributed by atoms with Crippen LogP contribution in [0.15, 0.2) is 47.1 Å². The van der Waals surface area contributed by atoms with Crippen molar-refractivity contribution in [2.45, 2.75) is 45.2 Å². The molecule has 0 saturated heterocycles. The summed E-state index contributed by atoms with van der Waals surface area (Å²) < 4.78 is 5.20. The van der Waals surface area contributed by atoms with Gasteiger partial charge in [-0.3, -0.25) is 9.59 Å². The summed E-state index contributed by atoms with van der Waals surface area (Å²) in [6, 6.07) is 10.9. The number of rotatable bonds is 6. The summed E-state index contributed by atoms with van der Waals surface area (Å²) in [6.45, 7) is 0.809. The molecule has 1 aliphatic rings. The largest absolute Gasteiger partial charge is 0.467 e. The Morgan fingerprint density at radius 1 is 1.00 bits per heavy atom. The van der Waals surface area contributed by atoms with Crippen molar-refractivity contribution >= 4 is 11.8 Å². The Bertz CT molecular complexity index is 703. The summed E-state index contributed by atoms with van der Waals surface area (Å²) in [5.74, 6) is 0.835.